The van der Waals surface area contributed by atoms with Gasteiger partial charge in [0.1, 0.15) is 23.8 Å². The van der Waals surface area contributed by atoms with Crippen LogP contribution in [0.1, 0.15) is 5.56 Å². The van der Waals surface area contributed by atoms with Crippen LogP contribution in [0.15, 0.2) is 82.8 Å². The summed E-state index contributed by atoms with van der Waals surface area (Å²) in [5.74, 6) is 1.02. The van der Waals surface area contributed by atoms with E-state index in [-0.39, 0.29) is 4.90 Å². The van der Waals surface area contributed by atoms with Crippen molar-refractivity contribution in [3.63, 3.8) is 0 Å². The number of hydrogen-bond acceptors (Lipinski definition) is 7. The molecule has 0 saturated heterocycles. The number of nitrogens with zero attached hydrogens (tertiary/aromatic N) is 2. The Labute approximate surface area is 198 Å². The molecule has 34 heavy (non-hydrogen) atoms. The molecule has 0 aromatic heterocycles. The average Bonchev–Trinajstić information content (AvgIpc) is 2.87. The van der Waals surface area contributed by atoms with Crippen molar-refractivity contribution in [1.29, 1.82) is 0 Å². The number of methoxy groups -OCH3 is 3. The van der Waals surface area contributed by atoms with E-state index in [1.165, 1.54) is 32.6 Å². The standard InChI is InChI=1S/C24H25N3O6S/c1-31-20-11-13-22(14-12-20)34(29,30)27(19-7-5-4-6-8-19)17-24(28)26-25-16-18-9-10-21(32-2)15-23(18)33-3/h4-16H,17H2,1-3H3,(H,26,28)/b25-16+. The maximum Gasteiger partial charge on any atom is 0.264 e. The van der Waals surface area contributed by atoms with Crippen molar-refractivity contribution in [1.82, 2.24) is 5.43 Å². The second-order valence-corrected chi connectivity index (χ2v) is 8.79. The summed E-state index contributed by atoms with van der Waals surface area (Å²) in [5.41, 5.74) is 3.32. The van der Waals surface area contributed by atoms with Gasteiger partial charge in [0.2, 0.25) is 0 Å². The molecule has 3 aromatic rings. The molecule has 9 nitrogen and oxygen atoms in total. The molecule has 3 aromatic carbocycles. The Morgan fingerprint density at radius 1 is 0.912 bits per heavy atom. The molecule has 0 bridgehead atoms. The van der Waals surface area contributed by atoms with Gasteiger partial charge in [-0.05, 0) is 48.5 Å². The molecule has 0 saturated carbocycles. The van der Waals surface area contributed by atoms with Gasteiger partial charge >= 0.3 is 0 Å². The first kappa shape index (κ1) is 24.6. The Morgan fingerprint density at radius 3 is 2.18 bits per heavy atom. The van der Waals surface area contributed by atoms with E-state index < -0.39 is 22.5 Å². The molecule has 0 radical (unpaired) electrons. The fraction of sp³-hybridized carbons (Fsp3) is 0.167. The molecule has 178 valence electrons. The highest BCUT2D eigenvalue weighted by molar-refractivity contribution is 7.92. The second kappa shape index (κ2) is 11.2. The van der Waals surface area contributed by atoms with Crippen LogP contribution in [-0.2, 0) is 14.8 Å². The lowest BCUT2D eigenvalue weighted by Crippen LogP contribution is -2.39. The first-order valence-corrected chi connectivity index (χ1v) is 11.6. The van der Waals surface area contributed by atoms with Crippen LogP contribution in [0, 0.1) is 0 Å². The molecule has 0 atom stereocenters. The Morgan fingerprint density at radius 2 is 1.56 bits per heavy atom. The second-order valence-electron chi connectivity index (χ2n) is 6.92. The van der Waals surface area contributed by atoms with E-state index in [0.29, 0.717) is 28.5 Å². The Hall–Kier alpha value is -4.05. The number of nitrogens with one attached hydrogen (secondary N) is 1. The third kappa shape index (κ3) is 5.84. The smallest absolute Gasteiger partial charge is 0.264 e. The number of benzene rings is 3. The van der Waals surface area contributed by atoms with E-state index in [1.807, 2.05) is 0 Å². The number of ether oxygens (including phenoxy) is 3. The summed E-state index contributed by atoms with van der Waals surface area (Å²) >= 11 is 0. The highest BCUT2D eigenvalue weighted by atomic mass is 32.2. The van der Waals surface area contributed by atoms with Gasteiger partial charge in [-0.3, -0.25) is 9.10 Å². The minimum absolute atomic E-state index is 0.0245. The molecule has 0 heterocycles. The number of carbonyl (C=O) groups is 1. The summed E-state index contributed by atoms with van der Waals surface area (Å²) in [6, 6.07) is 19.4. The first-order chi connectivity index (χ1) is 16.4. The van der Waals surface area contributed by atoms with Gasteiger partial charge in [-0.25, -0.2) is 13.8 Å². The van der Waals surface area contributed by atoms with Crippen LogP contribution in [-0.4, -0.2) is 48.4 Å². The summed E-state index contributed by atoms with van der Waals surface area (Å²) in [6.45, 7) is -0.477. The minimum atomic E-state index is -4.04. The molecule has 0 fully saturated rings. The summed E-state index contributed by atoms with van der Waals surface area (Å²) in [5, 5.41) is 3.95. The summed E-state index contributed by atoms with van der Waals surface area (Å²) in [4.78, 5) is 12.7. The van der Waals surface area contributed by atoms with Gasteiger partial charge in [0, 0.05) is 11.6 Å². The molecule has 1 N–H and O–H groups in total. The predicted molar refractivity (Wildman–Crippen MR) is 129 cm³/mol. The molecule has 0 aliphatic heterocycles. The molecule has 0 aliphatic carbocycles. The topological polar surface area (TPSA) is 107 Å². The molecule has 0 aliphatic rings. The molecule has 3 rings (SSSR count). The maximum atomic E-state index is 13.3. The van der Waals surface area contributed by atoms with Crippen molar-refractivity contribution >= 4 is 27.8 Å². The average molecular weight is 484 g/mol. The number of anilines is 1. The van der Waals surface area contributed by atoms with Crippen LogP contribution < -0.4 is 23.9 Å². The first-order valence-electron chi connectivity index (χ1n) is 10.1. The van der Waals surface area contributed by atoms with Gasteiger partial charge < -0.3 is 14.2 Å². The van der Waals surface area contributed by atoms with E-state index in [0.717, 1.165) is 4.31 Å². The van der Waals surface area contributed by atoms with Crippen molar-refractivity contribution in [2.45, 2.75) is 4.90 Å². The van der Waals surface area contributed by atoms with Gasteiger partial charge in [0.15, 0.2) is 0 Å². The third-order valence-electron chi connectivity index (χ3n) is 4.81. The van der Waals surface area contributed by atoms with Gasteiger partial charge in [0.25, 0.3) is 15.9 Å². The van der Waals surface area contributed by atoms with Crippen molar-refractivity contribution in [2.24, 2.45) is 5.10 Å². The van der Waals surface area contributed by atoms with E-state index in [4.69, 9.17) is 14.2 Å². The van der Waals surface area contributed by atoms with Crippen molar-refractivity contribution in [3.05, 3.63) is 78.4 Å². The highest BCUT2D eigenvalue weighted by Crippen LogP contribution is 2.25. The Kier molecular flexibility index (Phi) is 8.10. The number of rotatable bonds is 10. The van der Waals surface area contributed by atoms with E-state index >= 15 is 0 Å². The fourth-order valence-electron chi connectivity index (χ4n) is 3.05. The number of sulfonamides is 1. The third-order valence-corrected chi connectivity index (χ3v) is 6.60. The predicted octanol–water partition coefficient (Wildman–Crippen LogP) is 3.06. The lowest BCUT2D eigenvalue weighted by molar-refractivity contribution is -0.119. The number of hydrogen-bond donors (Lipinski definition) is 1. The van der Waals surface area contributed by atoms with Crippen LogP contribution in [0.4, 0.5) is 5.69 Å². The normalized spacial score (nSPS) is 11.1. The minimum Gasteiger partial charge on any atom is -0.497 e. The van der Waals surface area contributed by atoms with Gasteiger partial charge in [-0.2, -0.15) is 5.10 Å². The van der Waals surface area contributed by atoms with Crippen LogP contribution in [0.25, 0.3) is 0 Å². The quantitative estimate of drug-likeness (QED) is 0.351. The number of carbonyl (C=O) groups excluding carboxylic acids is 1. The zero-order valence-corrected chi connectivity index (χ0v) is 19.8. The van der Waals surface area contributed by atoms with Crippen LogP contribution in [0.3, 0.4) is 0 Å². The van der Waals surface area contributed by atoms with Crippen LogP contribution in [0.2, 0.25) is 0 Å². The maximum absolute atomic E-state index is 13.3. The van der Waals surface area contributed by atoms with Gasteiger partial charge in [0.05, 0.1) is 38.1 Å². The van der Waals surface area contributed by atoms with Crippen molar-refractivity contribution < 1.29 is 27.4 Å². The molecule has 0 unspecified atom stereocenters. The summed E-state index contributed by atoms with van der Waals surface area (Å²) in [6.07, 6.45) is 1.40. The fourth-order valence-corrected chi connectivity index (χ4v) is 4.47. The van der Waals surface area contributed by atoms with Crippen LogP contribution in [0.5, 0.6) is 17.2 Å². The zero-order chi connectivity index (χ0) is 24.6. The Balaban J connectivity index is 1.80. The lowest BCUT2D eigenvalue weighted by atomic mass is 10.2. The number of amides is 1. The van der Waals surface area contributed by atoms with E-state index in [1.54, 1.807) is 67.8 Å². The SMILES string of the molecule is COc1ccc(S(=O)(=O)N(CC(=O)N/N=C/c2ccc(OC)cc2OC)c2ccccc2)cc1. The van der Waals surface area contributed by atoms with Crippen LogP contribution >= 0.6 is 0 Å². The molecule has 0 spiro atoms. The number of para-hydroxylation sites is 1. The summed E-state index contributed by atoms with van der Waals surface area (Å²) < 4.78 is 43.3. The largest absolute Gasteiger partial charge is 0.497 e. The number of hydrazone groups is 1. The summed E-state index contributed by atoms with van der Waals surface area (Å²) in [7, 11) is 0.503. The van der Waals surface area contributed by atoms with Crippen molar-refractivity contribution in [3.8, 4) is 17.2 Å². The van der Waals surface area contributed by atoms with Gasteiger partial charge in [-0.1, -0.05) is 18.2 Å². The van der Waals surface area contributed by atoms with Gasteiger partial charge in [-0.15, -0.1) is 0 Å². The zero-order valence-electron chi connectivity index (χ0n) is 19.0. The molecular weight excluding hydrogens is 458 g/mol. The lowest BCUT2D eigenvalue weighted by Gasteiger charge is -2.23. The molecule has 1 amide bonds. The van der Waals surface area contributed by atoms with E-state index in [9.17, 15) is 13.2 Å². The molecular formula is C24H25N3O6S. The monoisotopic (exact) mass is 483 g/mol. The molecule has 10 heteroatoms. The Bertz CT molecular complexity index is 1250. The highest BCUT2D eigenvalue weighted by Gasteiger charge is 2.27. The van der Waals surface area contributed by atoms with E-state index in [2.05, 4.69) is 10.5 Å². The van der Waals surface area contributed by atoms with Crippen molar-refractivity contribution in [2.75, 3.05) is 32.2 Å².